The molecule has 15 heavy (non-hydrogen) atoms. The summed E-state index contributed by atoms with van der Waals surface area (Å²) in [5.74, 6) is 4.73. The highest BCUT2D eigenvalue weighted by Gasteiger charge is 2.14. The van der Waals surface area contributed by atoms with Crippen LogP contribution >= 0.6 is 23.6 Å². The van der Waals surface area contributed by atoms with E-state index in [4.69, 9.17) is 22.8 Å². The van der Waals surface area contributed by atoms with Gasteiger partial charge in [0.15, 0.2) is 5.11 Å². The van der Waals surface area contributed by atoms with Gasteiger partial charge in [-0.3, -0.25) is 0 Å². The molecule has 4 N–H and O–H groups in total. The van der Waals surface area contributed by atoms with Crippen molar-refractivity contribution < 1.29 is 9.53 Å². The van der Waals surface area contributed by atoms with Crippen LogP contribution in [0.5, 0.6) is 0 Å². The molecule has 0 spiro atoms. The Kier molecular flexibility index (Phi) is 4.47. The summed E-state index contributed by atoms with van der Waals surface area (Å²) in [7, 11) is 0. The fraction of sp³-hybridized carbons (Fsp3) is 0.250. The van der Waals surface area contributed by atoms with Gasteiger partial charge in [-0.2, -0.15) is 0 Å². The van der Waals surface area contributed by atoms with Crippen molar-refractivity contribution in [3.8, 4) is 0 Å². The van der Waals surface area contributed by atoms with Crippen LogP contribution in [0, 0.1) is 0 Å². The Labute approximate surface area is 96.6 Å². The first kappa shape index (κ1) is 11.9. The Morgan fingerprint density at radius 3 is 3.07 bits per heavy atom. The number of carbonyl (C=O) groups is 1. The SMILES string of the molecule is CCOC(=O)c1ccsc1NC(=S)NN. The normalized spacial score (nSPS) is 9.47. The molecule has 0 radical (unpaired) electrons. The zero-order valence-corrected chi connectivity index (χ0v) is 9.71. The average Bonchev–Trinajstić information content (AvgIpc) is 2.66. The maximum absolute atomic E-state index is 11.4. The summed E-state index contributed by atoms with van der Waals surface area (Å²) < 4.78 is 4.87. The van der Waals surface area contributed by atoms with E-state index in [1.165, 1.54) is 11.3 Å². The summed E-state index contributed by atoms with van der Waals surface area (Å²) in [6, 6.07) is 1.67. The van der Waals surface area contributed by atoms with Gasteiger partial charge in [0.2, 0.25) is 0 Å². The van der Waals surface area contributed by atoms with Crippen LogP contribution in [0.2, 0.25) is 0 Å². The van der Waals surface area contributed by atoms with E-state index in [1.54, 1.807) is 18.4 Å². The van der Waals surface area contributed by atoms with Gasteiger partial charge < -0.3 is 15.5 Å². The van der Waals surface area contributed by atoms with E-state index in [9.17, 15) is 4.79 Å². The smallest absolute Gasteiger partial charge is 0.341 e. The maximum Gasteiger partial charge on any atom is 0.341 e. The van der Waals surface area contributed by atoms with Crippen LogP contribution in [0.3, 0.4) is 0 Å². The van der Waals surface area contributed by atoms with Crippen molar-refractivity contribution in [2.24, 2.45) is 5.84 Å². The van der Waals surface area contributed by atoms with Gasteiger partial charge in [0.1, 0.15) is 5.00 Å². The van der Waals surface area contributed by atoms with E-state index < -0.39 is 0 Å². The Morgan fingerprint density at radius 1 is 1.73 bits per heavy atom. The molecule has 82 valence electrons. The van der Waals surface area contributed by atoms with E-state index in [-0.39, 0.29) is 11.1 Å². The molecule has 0 amide bonds. The second kappa shape index (κ2) is 5.64. The molecule has 0 atom stereocenters. The number of nitrogens with one attached hydrogen (secondary N) is 2. The third-order valence-corrected chi connectivity index (χ3v) is 2.57. The van der Waals surface area contributed by atoms with Gasteiger partial charge in [-0.25, -0.2) is 10.6 Å². The molecule has 0 saturated heterocycles. The Morgan fingerprint density at radius 2 is 2.47 bits per heavy atom. The molecule has 0 unspecified atom stereocenters. The number of ether oxygens (including phenoxy) is 1. The number of esters is 1. The average molecular weight is 245 g/mol. The summed E-state index contributed by atoms with van der Waals surface area (Å²) in [5, 5.41) is 5.44. The number of hydrogen-bond acceptors (Lipinski definition) is 5. The summed E-state index contributed by atoms with van der Waals surface area (Å²) in [5.41, 5.74) is 2.73. The van der Waals surface area contributed by atoms with Crippen molar-refractivity contribution >= 4 is 39.6 Å². The third-order valence-electron chi connectivity index (χ3n) is 1.52. The molecule has 0 saturated carbocycles. The monoisotopic (exact) mass is 245 g/mol. The molecule has 0 aliphatic carbocycles. The standard InChI is InChI=1S/C8H11N3O2S2/c1-2-13-7(12)5-3-4-15-6(5)10-8(14)11-9/h3-4H,2,9H2,1H3,(H2,10,11,14). The van der Waals surface area contributed by atoms with E-state index in [0.29, 0.717) is 17.2 Å². The minimum absolute atomic E-state index is 0.253. The lowest BCUT2D eigenvalue weighted by molar-refractivity contribution is 0.0528. The second-order valence-corrected chi connectivity index (χ2v) is 3.81. The molecule has 1 aromatic rings. The van der Waals surface area contributed by atoms with Gasteiger partial charge in [0, 0.05) is 0 Å². The van der Waals surface area contributed by atoms with Gasteiger partial charge >= 0.3 is 5.97 Å². The quantitative estimate of drug-likeness (QED) is 0.320. The molecule has 1 aromatic heterocycles. The van der Waals surface area contributed by atoms with Gasteiger partial charge in [-0.05, 0) is 30.6 Å². The van der Waals surface area contributed by atoms with Crippen LogP contribution in [0.15, 0.2) is 11.4 Å². The van der Waals surface area contributed by atoms with Crippen LogP contribution in [0.4, 0.5) is 5.00 Å². The first-order chi connectivity index (χ1) is 7.19. The maximum atomic E-state index is 11.4. The number of hydrazine groups is 1. The summed E-state index contributed by atoms with van der Waals surface area (Å²) in [4.78, 5) is 11.4. The largest absolute Gasteiger partial charge is 0.462 e. The third kappa shape index (κ3) is 3.15. The highest BCUT2D eigenvalue weighted by molar-refractivity contribution is 7.80. The predicted molar refractivity (Wildman–Crippen MR) is 63.8 cm³/mol. The van der Waals surface area contributed by atoms with Crippen LogP contribution in [-0.2, 0) is 4.74 Å². The van der Waals surface area contributed by atoms with Crippen molar-refractivity contribution in [2.45, 2.75) is 6.92 Å². The van der Waals surface area contributed by atoms with Crippen LogP contribution in [-0.4, -0.2) is 17.7 Å². The molecule has 5 nitrogen and oxygen atoms in total. The molecular weight excluding hydrogens is 234 g/mol. The molecule has 7 heteroatoms. The number of nitrogens with two attached hydrogens (primary N) is 1. The molecule has 0 aromatic carbocycles. The van der Waals surface area contributed by atoms with Gasteiger partial charge in [-0.1, -0.05) is 0 Å². The van der Waals surface area contributed by atoms with Gasteiger partial charge in [0.25, 0.3) is 0 Å². The summed E-state index contributed by atoms with van der Waals surface area (Å²) in [6.07, 6.45) is 0. The Hall–Kier alpha value is -1.18. The number of hydrogen-bond donors (Lipinski definition) is 3. The van der Waals surface area contributed by atoms with Crippen molar-refractivity contribution in [3.63, 3.8) is 0 Å². The Balaban J connectivity index is 2.77. The highest BCUT2D eigenvalue weighted by atomic mass is 32.1. The molecule has 0 bridgehead atoms. The number of thiocarbonyl (C=S) groups is 1. The Bertz CT molecular complexity index is 365. The van der Waals surface area contributed by atoms with Crippen molar-refractivity contribution in [2.75, 3.05) is 11.9 Å². The van der Waals surface area contributed by atoms with Crippen molar-refractivity contribution in [1.29, 1.82) is 0 Å². The fourth-order valence-electron chi connectivity index (χ4n) is 0.915. The molecule has 1 heterocycles. The van der Waals surface area contributed by atoms with Gasteiger partial charge in [0.05, 0.1) is 12.2 Å². The predicted octanol–water partition coefficient (Wildman–Crippen LogP) is 1.08. The zero-order chi connectivity index (χ0) is 11.3. The lowest BCUT2D eigenvalue weighted by atomic mass is 10.3. The first-order valence-corrected chi connectivity index (χ1v) is 5.50. The van der Waals surface area contributed by atoms with E-state index in [1.807, 2.05) is 0 Å². The number of carbonyl (C=O) groups excluding carboxylic acids is 1. The van der Waals surface area contributed by atoms with E-state index in [0.717, 1.165) is 0 Å². The number of rotatable bonds is 3. The minimum Gasteiger partial charge on any atom is -0.462 e. The molecular formula is C8H11N3O2S2. The molecule has 0 aliphatic heterocycles. The second-order valence-electron chi connectivity index (χ2n) is 2.48. The topological polar surface area (TPSA) is 76.4 Å². The molecule has 0 aliphatic rings. The van der Waals surface area contributed by atoms with Crippen molar-refractivity contribution in [1.82, 2.24) is 5.43 Å². The minimum atomic E-state index is -0.374. The highest BCUT2D eigenvalue weighted by Crippen LogP contribution is 2.23. The van der Waals surface area contributed by atoms with Gasteiger partial charge in [-0.15, -0.1) is 11.3 Å². The van der Waals surface area contributed by atoms with E-state index >= 15 is 0 Å². The number of anilines is 1. The first-order valence-electron chi connectivity index (χ1n) is 4.21. The number of thiophene rings is 1. The summed E-state index contributed by atoms with van der Waals surface area (Å²) in [6.45, 7) is 2.09. The van der Waals surface area contributed by atoms with E-state index in [2.05, 4.69) is 10.7 Å². The fourth-order valence-corrected chi connectivity index (χ4v) is 1.86. The summed E-state index contributed by atoms with van der Waals surface area (Å²) >= 11 is 6.17. The molecule has 1 rings (SSSR count). The van der Waals surface area contributed by atoms with Crippen molar-refractivity contribution in [3.05, 3.63) is 17.0 Å². The van der Waals surface area contributed by atoms with Crippen LogP contribution in [0.25, 0.3) is 0 Å². The lowest BCUT2D eigenvalue weighted by Gasteiger charge is -2.06. The van der Waals surface area contributed by atoms with Crippen LogP contribution in [0.1, 0.15) is 17.3 Å². The molecule has 0 fully saturated rings. The van der Waals surface area contributed by atoms with Crippen LogP contribution < -0.4 is 16.6 Å². The zero-order valence-electron chi connectivity index (χ0n) is 8.07. The lowest BCUT2D eigenvalue weighted by Crippen LogP contribution is -2.34.